The Labute approximate surface area is 263 Å². The molecule has 2 fully saturated rings. The molecule has 23 nitrogen and oxygen atoms in total. The standard InChI is InChI=1S/C22H30N10O13P2/c1-39-15-9(43-21(13(15)33)31-7-29-11-17(23)25-5-27-19(11)31)3-42-47(37,38)45-16-10(4-41-46(35,36)40-2)44-22(14(16)34)32-8-30-12-18(24)26-6-28-20(12)32/h5-10,13-16,21-22,33-34H,3-4H2,1-2H3,(H,35,36)(H,37,38)(H2,23,25,27)(H2,24,26,28)/t9-,10-,13-,14-,15-,16?,21-,22-/m1/s1. The minimum Gasteiger partial charge on any atom is -0.386 e. The summed E-state index contributed by atoms with van der Waals surface area (Å²) >= 11 is 0. The highest BCUT2D eigenvalue weighted by molar-refractivity contribution is 7.47. The molecule has 6 rings (SSSR count). The lowest BCUT2D eigenvalue weighted by atomic mass is 10.1. The monoisotopic (exact) mass is 704 g/mol. The second-order valence-corrected chi connectivity index (χ2v) is 13.2. The first-order chi connectivity index (χ1) is 22.3. The Kier molecular flexibility index (Phi) is 9.28. The van der Waals surface area contributed by atoms with E-state index in [1.54, 1.807) is 0 Å². The number of nitrogens with two attached hydrogens (primary N) is 2. The van der Waals surface area contributed by atoms with E-state index in [4.69, 9.17) is 39.2 Å². The summed E-state index contributed by atoms with van der Waals surface area (Å²) in [4.78, 5) is 44.7. The molecule has 4 aromatic rings. The predicted octanol–water partition coefficient (Wildman–Crippen LogP) is -1.37. The summed E-state index contributed by atoms with van der Waals surface area (Å²) in [7, 11) is -7.41. The summed E-state index contributed by atoms with van der Waals surface area (Å²) < 4.78 is 64.9. The lowest BCUT2D eigenvalue weighted by molar-refractivity contribution is -0.0607. The van der Waals surface area contributed by atoms with Gasteiger partial charge < -0.3 is 45.7 Å². The van der Waals surface area contributed by atoms with Gasteiger partial charge in [0.25, 0.3) is 0 Å². The van der Waals surface area contributed by atoms with Crippen molar-refractivity contribution in [1.29, 1.82) is 0 Å². The van der Waals surface area contributed by atoms with Gasteiger partial charge in [0, 0.05) is 14.2 Å². The number of phosphoric acid groups is 2. The molecule has 0 saturated carbocycles. The van der Waals surface area contributed by atoms with Crippen LogP contribution in [0, 0.1) is 0 Å². The van der Waals surface area contributed by atoms with Crippen LogP contribution < -0.4 is 11.5 Å². The number of nitrogen functional groups attached to an aromatic ring is 2. The van der Waals surface area contributed by atoms with Crippen LogP contribution in [0.25, 0.3) is 22.3 Å². The van der Waals surface area contributed by atoms with Crippen molar-refractivity contribution in [3.8, 4) is 0 Å². The van der Waals surface area contributed by atoms with Gasteiger partial charge in [-0.05, 0) is 0 Å². The van der Waals surface area contributed by atoms with E-state index < -0.39 is 77.9 Å². The largest absolute Gasteiger partial charge is 0.472 e. The van der Waals surface area contributed by atoms with Crippen molar-refractivity contribution in [3.05, 3.63) is 25.3 Å². The molecule has 2 aliphatic rings. The first kappa shape index (κ1) is 33.6. The number of ether oxygens (including phenoxy) is 3. The van der Waals surface area contributed by atoms with E-state index in [2.05, 4.69) is 34.4 Å². The fourth-order valence-corrected chi connectivity index (χ4v) is 6.68. The summed E-state index contributed by atoms with van der Waals surface area (Å²) in [5, 5.41) is 22.2. The first-order valence-corrected chi connectivity index (χ1v) is 16.6. The number of nitrogens with zero attached hydrogens (tertiary/aromatic N) is 8. The van der Waals surface area contributed by atoms with Crippen molar-refractivity contribution in [2.45, 2.75) is 49.1 Å². The van der Waals surface area contributed by atoms with Gasteiger partial charge in [-0.25, -0.2) is 39.0 Å². The summed E-state index contributed by atoms with van der Waals surface area (Å²) in [5.74, 6) is 0.146. The van der Waals surface area contributed by atoms with Crippen molar-refractivity contribution in [2.24, 2.45) is 0 Å². The van der Waals surface area contributed by atoms with E-state index >= 15 is 0 Å². The van der Waals surface area contributed by atoms with E-state index in [-0.39, 0.29) is 34.0 Å². The molecule has 0 spiro atoms. The number of hydrogen-bond acceptors (Lipinski definition) is 19. The maximum Gasteiger partial charge on any atom is 0.472 e. The smallest absolute Gasteiger partial charge is 0.386 e. The number of aliphatic hydroxyl groups is 2. The SMILES string of the molecule is CO[C@H]1[C@@H](O)[C@H](n2cnc3c(N)ncnc32)O[C@@H]1COP(=O)(O)OC1[C@@H](O)[C@H](n2cnc3c(N)ncnc32)O[C@@H]1COP(=O)(O)OC. The van der Waals surface area contributed by atoms with Crippen LogP contribution >= 0.6 is 15.6 Å². The third-order valence-corrected chi connectivity index (χ3v) is 9.42. The van der Waals surface area contributed by atoms with Gasteiger partial charge in [0.1, 0.15) is 60.3 Å². The quantitative estimate of drug-likeness (QED) is 0.0926. The Morgan fingerprint density at radius 1 is 0.766 bits per heavy atom. The molecule has 10 atom stereocenters. The van der Waals surface area contributed by atoms with Gasteiger partial charge in [0.2, 0.25) is 0 Å². The second kappa shape index (κ2) is 13.0. The number of anilines is 2. The molecule has 0 aromatic carbocycles. The molecule has 0 bridgehead atoms. The third kappa shape index (κ3) is 6.46. The zero-order valence-electron chi connectivity index (χ0n) is 24.4. The van der Waals surface area contributed by atoms with Gasteiger partial charge in [0.15, 0.2) is 35.4 Å². The maximum atomic E-state index is 13.2. The average Bonchev–Trinajstić information content (AvgIpc) is 3.80. The van der Waals surface area contributed by atoms with Crippen LogP contribution in [0.15, 0.2) is 25.3 Å². The van der Waals surface area contributed by atoms with Crippen LogP contribution in [-0.4, -0.2) is 123 Å². The molecule has 0 aliphatic carbocycles. The van der Waals surface area contributed by atoms with E-state index in [9.17, 15) is 29.1 Å². The zero-order chi connectivity index (χ0) is 33.7. The van der Waals surface area contributed by atoms with Crippen LogP contribution in [-0.2, 0) is 41.4 Å². The van der Waals surface area contributed by atoms with Gasteiger partial charge in [-0.3, -0.25) is 27.2 Å². The number of hydrogen-bond donors (Lipinski definition) is 6. The molecule has 0 radical (unpaired) electrons. The van der Waals surface area contributed by atoms with Crippen LogP contribution in [0.2, 0.25) is 0 Å². The van der Waals surface area contributed by atoms with Gasteiger partial charge in [-0.2, -0.15) is 0 Å². The molecule has 47 heavy (non-hydrogen) atoms. The lowest BCUT2D eigenvalue weighted by Gasteiger charge is -2.24. The molecule has 4 aromatic heterocycles. The Balaban J connectivity index is 1.19. The number of methoxy groups -OCH3 is 1. The van der Waals surface area contributed by atoms with E-state index in [1.807, 2.05) is 0 Å². The third-order valence-electron chi connectivity index (χ3n) is 7.50. The fraction of sp³-hybridized carbons (Fsp3) is 0.545. The first-order valence-electron chi connectivity index (χ1n) is 13.6. The van der Waals surface area contributed by atoms with Crippen LogP contribution in [0.5, 0.6) is 0 Å². The molecular formula is C22H30N10O13P2. The Morgan fingerprint density at radius 2 is 1.23 bits per heavy atom. The van der Waals surface area contributed by atoms with Gasteiger partial charge in [0.05, 0.1) is 25.9 Å². The molecule has 0 amide bonds. The normalized spacial score (nSPS) is 30.6. The number of aliphatic hydroxyl groups excluding tert-OH is 2. The number of imidazole rings is 2. The molecule has 8 N–H and O–H groups in total. The lowest BCUT2D eigenvalue weighted by Crippen LogP contribution is -2.37. The minimum atomic E-state index is -5.08. The van der Waals surface area contributed by atoms with Crippen LogP contribution in [0.3, 0.4) is 0 Å². The summed E-state index contributed by atoms with van der Waals surface area (Å²) in [6, 6.07) is 0. The summed E-state index contributed by atoms with van der Waals surface area (Å²) in [6.45, 7) is -1.38. The maximum absolute atomic E-state index is 13.2. The van der Waals surface area contributed by atoms with Crippen molar-refractivity contribution < 1.29 is 61.4 Å². The fourth-order valence-electron chi connectivity index (χ4n) is 5.27. The summed E-state index contributed by atoms with van der Waals surface area (Å²) in [6.07, 6.45) is -5.87. The highest BCUT2D eigenvalue weighted by Gasteiger charge is 2.51. The van der Waals surface area contributed by atoms with Crippen molar-refractivity contribution >= 4 is 49.6 Å². The van der Waals surface area contributed by atoms with E-state index in [0.717, 1.165) is 13.4 Å². The predicted molar refractivity (Wildman–Crippen MR) is 154 cm³/mol. The Bertz CT molecular complexity index is 1850. The zero-order valence-corrected chi connectivity index (χ0v) is 26.2. The number of fused-ring (bicyclic) bond motifs is 2. The molecule has 25 heteroatoms. The van der Waals surface area contributed by atoms with Gasteiger partial charge in [-0.1, -0.05) is 0 Å². The van der Waals surface area contributed by atoms with Crippen molar-refractivity contribution in [3.63, 3.8) is 0 Å². The molecule has 256 valence electrons. The van der Waals surface area contributed by atoms with Crippen molar-refractivity contribution in [2.75, 3.05) is 38.9 Å². The molecule has 2 saturated heterocycles. The highest BCUT2D eigenvalue weighted by atomic mass is 31.2. The summed E-state index contributed by atoms with van der Waals surface area (Å²) in [5.41, 5.74) is 12.5. The topological polar surface area (TPSA) is 319 Å². The van der Waals surface area contributed by atoms with Crippen LogP contribution in [0.4, 0.5) is 11.6 Å². The van der Waals surface area contributed by atoms with Crippen molar-refractivity contribution in [1.82, 2.24) is 39.0 Å². The number of rotatable bonds is 12. The Hall–Kier alpha value is -3.28. The highest BCUT2D eigenvalue weighted by Crippen LogP contribution is 2.50. The van der Waals surface area contributed by atoms with Gasteiger partial charge in [-0.15, -0.1) is 0 Å². The number of phosphoric ester groups is 2. The van der Waals surface area contributed by atoms with E-state index in [1.165, 1.54) is 35.2 Å². The van der Waals surface area contributed by atoms with Gasteiger partial charge >= 0.3 is 15.6 Å². The average molecular weight is 704 g/mol. The second-order valence-electron chi connectivity index (χ2n) is 10.3. The minimum absolute atomic E-state index is 0.0398. The Morgan fingerprint density at radius 3 is 1.72 bits per heavy atom. The molecular weight excluding hydrogens is 674 g/mol. The molecule has 6 heterocycles. The van der Waals surface area contributed by atoms with E-state index in [0.29, 0.717) is 0 Å². The van der Waals surface area contributed by atoms with Crippen LogP contribution in [0.1, 0.15) is 12.5 Å². The number of aromatic nitrogens is 8. The molecule has 3 unspecified atom stereocenters. The molecule has 2 aliphatic heterocycles.